The second-order valence-corrected chi connectivity index (χ2v) is 6.59. The van der Waals surface area contributed by atoms with Crippen LogP contribution in [0.5, 0.6) is 5.75 Å². The standard InChI is InChI=1S/C18H28BrNO/c1-4-5-6-7-8-12-21-18-16(10-9-11-17(18)19)14-20-13-15(2)3/h4,9-11,15,20H,1,5-8,12-14H2,2-3H3. The fourth-order valence-electron chi connectivity index (χ4n) is 2.09. The van der Waals surface area contributed by atoms with E-state index in [1.54, 1.807) is 0 Å². The van der Waals surface area contributed by atoms with Gasteiger partial charge in [-0.25, -0.2) is 0 Å². The van der Waals surface area contributed by atoms with Crippen LogP contribution in [0.4, 0.5) is 0 Å². The molecule has 118 valence electrons. The van der Waals surface area contributed by atoms with Crippen LogP contribution in [-0.4, -0.2) is 13.2 Å². The molecule has 2 nitrogen and oxygen atoms in total. The summed E-state index contributed by atoms with van der Waals surface area (Å²) in [6.07, 6.45) is 6.56. The van der Waals surface area contributed by atoms with Crippen molar-refractivity contribution in [2.45, 2.75) is 46.1 Å². The Morgan fingerprint density at radius 1 is 1.29 bits per heavy atom. The van der Waals surface area contributed by atoms with Crippen molar-refractivity contribution < 1.29 is 4.74 Å². The molecule has 0 saturated heterocycles. The van der Waals surface area contributed by atoms with Gasteiger partial charge in [-0.3, -0.25) is 0 Å². The fraction of sp³-hybridized carbons (Fsp3) is 0.556. The monoisotopic (exact) mass is 353 g/mol. The van der Waals surface area contributed by atoms with Crippen molar-refractivity contribution in [3.05, 3.63) is 40.9 Å². The topological polar surface area (TPSA) is 21.3 Å². The number of unbranched alkanes of at least 4 members (excludes halogenated alkanes) is 3. The third kappa shape index (κ3) is 7.68. The average molecular weight is 354 g/mol. The van der Waals surface area contributed by atoms with Gasteiger partial charge in [-0.2, -0.15) is 0 Å². The van der Waals surface area contributed by atoms with Gasteiger partial charge in [-0.15, -0.1) is 6.58 Å². The van der Waals surface area contributed by atoms with E-state index in [1.807, 2.05) is 12.1 Å². The summed E-state index contributed by atoms with van der Waals surface area (Å²) < 4.78 is 7.03. The minimum Gasteiger partial charge on any atom is -0.492 e. The van der Waals surface area contributed by atoms with Gasteiger partial charge in [0.1, 0.15) is 5.75 Å². The SMILES string of the molecule is C=CCCCCCOc1c(Br)cccc1CNCC(C)C. The molecule has 0 atom stereocenters. The summed E-state index contributed by atoms with van der Waals surface area (Å²) in [5.74, 6) is 1.64. The molecule has 0 bridgehead atoms. The predicted octanol–water partition coefficient (Wildman–Crippen LogP) is 5.32. The van der Waals surface area contributed by atoms with Crippen molar-refractivity contribution in [3.63, 3.8) is 0 Å². The summed E-state index contributed by atoms with van der Waals surface area (Å²) in [5.41, 5.74) is 1.22. The molecule has 1 aromatic carbocycles. The summed E-state index contributed by atoms with van der Waals surface area (Å²) in [6, 6.07) is 6.23. The van der Waals surface area contributed by atoms with Crippen LogP contribution in [0.1, 0.15) is 45.1 Å². The Kier molecular flexibility index (Phi) is 9.44. The van der Waals surface area contributed by atoms with Crippen molar-refractivity contribution in [1.82, 2.24) is 5.32 Å². The molecule has 21 heavy (non-hydrogen) atoms. The number of halogens is 1. The molecule has 0 aliphatic carbocycles. The first-order valence-electron chi connectivity index (χ1n) is 7.87. The van der Waals surface area contributed by atoms with Gasteiger partial charge in [0.05, 0.1) is 11.1 Å². The highest BCUT2D eigenvalue weighted by atomic mass is 79.9. The van der Waals surface area contributed by atoms with Crippen molar-refractivity contribution >= 4 is 15.9 Å². The number of rotatable bonds is 11. The number of hydrogen-bond donors (Lipinski definition) is 1. The van der Waals surface area contributed by atoms with E-state index in [0.717, 1.165) is 42.8 Å². The molecule has 0 amide bonds. The zero-order valence-electron chi connectivity index (χ0n) is 13.3. The minimum atomic E-state index is 0.659. The van der Waals surface area contributed by atoms with Gasteiger partial charge in [-0.1, -0.05) is 32.1 Å². The first-order valence-corrected chi connectivity index (χ1v) is 8.66. The van der Waals surface area contributed by atoms with E-state index >= 15 is 0 Å². The second kappa shape index (κ2) is 10.9. The van der Waals surface area contributed by atoms with Crippen LogP contribution in [0.3, 0.4) is 0 Å². The highest BCUT2D eigenvalue weighted by Crippen LogP contribution is 2.29. The van der Waals surface area contributed by atoms with Gasteiger partial charge in [-0.05, 0) is 60.1 Å². The first-order chi connectivity index (χ1) is 10.1. The molecule has 1 aromatic rings. The van der Waals surface area contributed by atoms with Crippen LogP contribution in [0.25, 0.3) is 0 Å². The molecule has 0 unspecified atom stereocenters. The highest BCUT2D eigenvalue weighted by Gasteiger charge is 2.08. The Morgan fingerprint density at radius 3 is 2.81 bits per heavy atom. The smallest absolute Gasteiger partial charge is 0.137 e. The van der Waals surface area contributed by atoms with Crippen LogP contribution in [0, 0.1) is 5.92 Å². The molecule has 0 saturated carbocycles. The van der Waals surface area contributed by atoms with E-state index < -0.39 is 0 Å². The van der Waals surface area contributed by atoms with Crippen molar-refractivity contribution in [3.8, 4) is 5.75 Å². The van der Waals surface area contributed by atoms with Crippen molar-refractivity contribution in [1.29, 1.82) is 0 Å². The average Bonchev–Trinajstić information content (AvgIpc) is 2.44. The van der Waals surface area contributed by atoms with E-state index in [0.29, 0.717) is 5.92 Å². The van der Waals surface area contributed by atoms with E-state index in [-0.39, 0.29) is 0 Å². The zero-order chi connectivity index (χ0) is 15.5. The molecule has 1 rings (SSSR count). The quantitative estimate of drug-likeness (QED) is 0.429. The Morgan fingerprint density at radius 2 is 2.10 bits per heavy atom. The van der Waals surface area contributed by atoms with Gasteiger partial charge >= 0.3 is 0 Å². The minimum absolute atomic E-state index is 0.659. The lowest BCUT2D eigenvalue weighted by molar-refractivity contribution is 0.299. The van der Waals surface area contributed by atoms with E-state index in [2.05, 4.69) is 53.8 Å². The fourth-order valence-corrected chi connectivity index (χ4v) is 2.61. The van der Waals surface area contributed by atoms with E-state index in [1.165, 1.54) is 18.4 Å². The zero-order valence-corrected chi connectivity index (χ0v) is 14.9. The first kappa shape index (κ1) is 18.2. The normalized spacial score (nSPS) is 10.9. The van der Waals surface area contributed by atoms with Crippen LogP contribution in [-0.2, 0) is 6.54 Å². The molecule has 0 aliphatic heterocycles. The Labute approximate surface area is 138 Å². The Hall–Kier alpha value is -0.800. The molecule has 0 heterocycles. The maximum atomic E-state index is 5.99. The van der Waals surface area contributed by atoms with Gasteiger partial charge in [0.25, 0.3) is 0 Å². The van der Waals surface area contributed by atoms with Gasteiger partial charge < -0.3 is 10.1 Å². The summed E-state index contributed by atoms with van der Waals surface area (Å²) in [4.78, 5) is 0. The van der Waals surface area contributed by atoms with E-state index in [4.69, 9.17) is 4.74 Å². The Balaban J connectivity index is 2.45. The van der Waals surface area contributed by atoms with Crippen LogP contribution in [0.2, 0.25) is 0 Å². The van der Waals surface area contributed by atoms with Crippen LogP contribution < -0.4 is 10.1 Å². The lowest BCUT2D eigenvalue weighted by Crippen LogP contribution is -2.19. The number of benzene rings is 1. The molecular formula is C18H28BrNO. The van der Waals surface area contributed by atoms with Gasteiger partial charge in [0.15, 0.2) is 0 Å². The largest absolute Gasteiger partial charge is 0.492 e. The summed E-state index contributed by atoms with van der Waals surface area (Å²) >= 11 is 3.60. The molecule has 0 radical (unpaired) electrons. The highest BCUT2D eigenvalue weighted by molar-refractivity contribution is 9.10. The summed E-state index contributed by atoms with van der Waals surface area (Å²) in [5, 5.41) is 3.48. The molecule has 0 spiro atoms. The van der Waals surface area contributed by atoms with Crippen LogP contribution in [0.15, 0.2) is 35.3 Å². The number of ether oxygens (including phenoxy) is 1. The lowest BCUT2D eigenvalue weighted by Gasteiger charge is -2.14. The molecule has 1 N–H and O–H groups in total. The molecule has 0 aromatic heterocycles. The summed E-state index contributed by atoms with van der Waals surface area (Å²) in [7, 11) is 0. The molecular weight excluding hydrogens is 326 g/mol. The number of para-hydroxylation sites is 1. The number of nitrogens with one attached hydrogen (secondary N) is 1. The number of hydrogen-bond acceptors (Lipinski definition) is 2. The summed E-state index contributed by atoms with van der Waals surface area (Å²) in [6.45, 7) is 10.8. The maximum absolute atomic E-state index is 5.99. The maximum Gasteiger partial charge on any atom is 0.137 e. The lowest BCUT2D eigenvalue weighted by atomic mass is 10.1. The van der Waals surface area contributed by atoms with Gasteiger partial charge in [0.2, 0.25) is 0 Å². The molecule has 0 fully saturated rings. The van der Waals surface area contributed by atoms with Gasteiger partial charge in [0, 0.05) is 12.1 Å². The Bertz CT molecular complexity index is 418. The van der Waals surface area contributed by atoms with Crippen LogP contribution >= 0.6 is 15.9 Å². The third-order valence-corrected chi connectivity index (χ3v) is 3.84. The second-order valence-electron chi connectivity index (χ2n) is 5.74. The molecule has 3 heteroatoms. The van der Waals surface area contributed by atoms with Crippen molar-refractivity contribution in [2.24, 2.45) is 5.92 Å². The number of allylic oxidation sites excluding steroid dienone is 1. The third-order valence-electron chi connectivity index (χ3n) is 3.22. The predicted molar refractivity (Wildman–Crippen MR) is 94.8 cm³/mol. The van der Waals surface area contributed by atoms with Crippen molar-refractivity contribution in [2.75, 3.05) is 13.2 Å². The molecule has 0 aliphatic rings. The van der Waals surface area contributed by atoms with E-state index in [9.17, 15) is 0 Å².